The lowest BCUT2D eigenvalue weighted by Gasteiger charge is -2.50. The van der Waals surface area contributed by atoms with Gasteiger partial charge >= 0.3 is 0 Å². The van der Waals surface area contributed by atoms with Gasteiger partial charge in [-0.05, 0) is 37.8 Å². The lowest BCUT2D eigenvalue weighted by molar-refractivity contribution is 0.0165. The molecular weight excluding hydrogens is 479 g/mol. The summed E-state index contributed by atoms with van der Waals surface area (Å²) < 4.78 is 26.5. The summed E-state index contributed by atoms with van der Waals surface area (Å²) in [5, 5.41) is 0.805. The van der Waals surface area contributed by atoms with Crippen LogP contribution in [0.15, 0.2) is 18.2 Å². The molecule has 9 heteroatoms. The molecule has 0 spiro atoms. The smallest absolute Gasteiger partial charge is 0.214 e. The van der Waals surface area contributed by atoms with Crippen LogP contribution in [-0.4, -0.2) is 60.9 Å². The SMILES string of the molecule is CCCS(=O)(=O)N1CCN(C2(CCC(=O)c3c(Cl)cccc3Cl)CCCCC2)CC1.Cl. The van der Waals surface area contributed by atoms with Crippen LogP contribution in [0.2, 0.25) is 10.0 Å². The minimum Gasteiger partial charge on any atom is -0.295 e. The highest BCUT2D eigenvalue weighted by Crippen LogP contribution is 2.39. The number of piperazine rings is 1. The zero-order valence-electron chi connectivity index (χ0n) is 18.1. The zero-order chi connectivity index (χ0) is 21.8. The number of sulfonamides is 1. The third kappa shape index (κ3) is 6.36. The maximum atomic E-state index is 12.9. The fourth-order valence-electron chi connectivity index (χ4n) is 5.00. The van der Waals surface area contributed by atoms with Crippen LogP contribution in [0.5, 0.6) is 0 Å². The lowest BCUT2D eigenvalue weighted by atomic mass is 9.76. The summed E-state index contributed by atoms with van der Waals surface area (Å²) in [6.07, 6.45) is 7.42. The average Bonchev–Trinajstić information content (AvgIpc) is 2.73. The monoisotopic (exact) mass is 510 g/mol. The highest BCUT2D eigenvalue weighted by Gasteiger charge is 2.40. The quantitative estimate of drug-likeness (QED) is 0.436. The van der Waals surface area contributed by atoms with Gasteiger partial charge < -0.3 is 0 Å². The maximum Gasteiger partial charge on any atom is 0.214 e. The third-order valence-electron chi connectivity index (χ3n) is 6.61. The summed E-state index contributed by atoms with van der Waals surface area (Å²) in [7, 11) is -3.16. The molecule has 176 valence electrons. The summed E-state index contributed by atoms with van der Waals surface area (Å²) in [5.74, 6) is 0.199. The Bertz CT molecular complexity index is 829. The predicted molar refractivity (Wildman–Crippen MR) is 130 cm³/mol. The molecule has 31 heavy (non-hydrogen) atoms. The van der Waals surface area contributed by atoms with Crippen LogP contribution in [0, 0.1) is 0 Å². The molecule has 0 radical (unpaired) electrons. The number of rotatable bonds is 8. The standard InChI is InChI=1S/C22H32Cl2N2O3S.ClH/c1-2-17-30(28,29)26-15-13-25(14-16-26)22(10-4-3-5-11-22)12-9-20(27)21-18(23)7-6-8-19(21)24;/h6-8H,2-5,9-17H2,1H3;1H. The Morgan fingerprint density at radius 1 is 1.03 bits per heavy atom. The maximum absolute atomic E-state index is 12.9. The molecule has 1 aromatic carbocycles. The van der Waals surface area contributed by atoms with Crippen LogP contribution in [0.1, 0.15) is 68.6 Å². The molecule has 0 N–H and O–H groups in total. The van der Waals surface area contributed by atoms with Crippen LogP contribution in [0.4, 0.5) is 0 Å². The van der Waals surface area contributed by atoms with Crippen LogP contribution >= 0.6 is 35.6 Å². The second-order valence-electron chi connectivity index (χ2n) is 8.51. The fraction of sp³-hybridized carbons (Fsp3) is 0.682. The predicted octanol–water partition coefficient (Wildman–Crippen LogP) is 5.44. The van der Waals surface area contributed by atoms with E-state index in [1.807, 2.05) is 6.92 Å². The first kappa shape index (κ1) is 26.9. The van der Waals surface area contributed by atoms with Crippen LogP contribution in [-0.2, 0) is 10.0 Å². The number of carbonyl (C=O) groups excluding carboxylic acids is 1. The Hall–Kier alpha value is -0.370. The summed E-state index contributed by atoms with van der Waals surface area (Å²) in [4.78, 5) is 15.4. The minimum atomic E-state index is -3.16. The minimum absolute atomic E-state index is 0. The van der Waals surface area contributed by atoms with Gasteiger partial charge in [-0.15, -0.1) is 12.4 Å². The average molecular weight is 512 g/mol. The molecule has 1 aliphatic carbocycles. The van der Waals surface area contributed by atoms with E-state index in [0.717, 1.165) is 45.2 Å². The molecule has 0 amide bonds. The van der Waals surface area contributed by atoms with Crippen LogP contribution in [0.3, 0.4) is 0 Å². The number of halogens is 3. The van der Waals surface area contributed by atoms with Gasteiger partial charge in [0.2, 0.25) is 10.0 Å². The van der Waals surface area contributed by atoms with Crippen molar-refractivity contribution in [1.82, 2.24) is 9.21 Å². The van der Waals surface area contributed by atoms with Gasteiger partial charge in [0.25, 0.3) is 0 Å². The van der Waals surface area contributed by atoms with Crippen molar-refractivity contribution in [2.75, 3.05) is 31.9 Å². The molecule has 3 rings (SSSR count). The van der Waals surface area contributed by atoms with Gasteiger partial charge in [-0.1, -0.05) is 55.5 Å². The molecule has 1 aliphatic heterocycles. The highest BCUT2D eigenvalue weighted by atomic mass is 35.5. The van der Waals surface area contributed by atoms with Crippen molar-refractivity contribution in [2.45, 2.75) is 63.8 Å². The number of ketones is 1. The molecule has 0 atom stereocenters. The van der Waals surface area contributed by atoms with Crippen molar-refractivity contribution in [2.24, 2.45) is 0 Å². The molecule has 2 aliphatic rings. The van der Waals surface area contributed by atoms with Gasteiger partial charge in [0.15, 0.2) is 5.78 Å². The Morgan fingerprint density at radius 2 is 1.61 bits per heavy atom. The van der Waals surface area contributed by atoms with Gasteiger partial charge in [0.1, 0.15) is 0 Å². The van der Waals surface area contributed by atoms with Crippen molar-refractivity contribution in [3.05, 3.63) is 33.8 Å². The molecule has 0 unspecified atom stereocenters. The van der Waals surface area contributed by atoms with Crippen LogP contribution < -0.4 is 0 Å². The van der Waals surface area contributed by atoms with Crippen molar-refractivity contribution < 1.29 is 13.2 Å². The molecular formula is C22H33Cl3N2O3S. The number of nitrogens with zero attached hydrogens (tertiary/aromatic N) is 2. The van der Waals surface area contributed by atoms with E-state index < -0.39 is 10.0 Å². The van der Waals surface area contributed by atoms with E-state index in [1.54, 1.807) is 22.5 Å². The second kappa shape index (κ2) is 11.7. The first-order valence-corrected chi connectivity index (χ1v) is 13.4. The Labute approximate surface area is 202 Å². The summed E-state index contributed by atoms with van der Waals surface area (Å²) in [5.41, 5.74) is 0.379. The molecule has 1 saturated heterocycles. The number of benzene rings is 1. The third-order valence-corrected chi connectivity index (χ3v) is 9.31. The normalized spacial score (nSPS) is 20.2. The van der Waals surface area contributed by atoms with Gasteiger partial charge in [0, 0.05) is 38.1 Å². The molecule has 0 aromatic heterocycles. The van der Waals surface area contributed by atoms with Gasteiger partial charge in [-0.3, -0.25) is 9.69 Å². The first-order chi connectivity index (χ1) is 14.3. The van der Waals surface area contributed by atoms with E-state index in [4.69, 9.17) is 23.2 Å². The van der Waals surface area contributed by atoms with Gasteiger partial charge in [-0.2, -0.15) is 4.31 Å². The Balaban J connectivity index is 0.00000341. The van der Waals surface area contributed by atoms with E-state index >= 15 is 0 Å². The molecule has 2 fully saturated rings. The molecule has 5 nitrogen and oxygen atoms in total. The van der Waals surface area contributed by atoms with Gasteiger partial charge in [-0.25, -0.2) is 8.42 Å². The van der Waals surface area contributed by atoms with E-state index in [2.05, 4.69) is 4.90 Å². The molecule has 0 bridgehead atoms. The van der Waals surface area contributed by atoms with Crippen molar-refractivity contribution in [3.8, 4) is 0 Å². The molecule has 1 saturated carbocycles. The van der Waals surface area contributed by atoms with E-state index in [0.29, 0.717) is 41.5 Å². The Morgan fingerprint density at radius 3 is 2.16 bits per heavy atom. The van der Waals surface area contributed by atoms with E-state index in [9.17, 15) is 13.2 Å². The van der Waals surface area contributed by atoms with Gasteiger partial charge in [0.05, 0.1) is 21.4 Å². The summed E-state index contributed by atoms with van der Waals surface area (Å²) >= 11 is 12.5. The van der Waals surface area contributed by atoms with E-state index in [-0.39, 0.29) is 29.5 Å². The summed E-state index contributed by atoms with van der Waals surface area (Å²) in [6, 6.07) is 5.15. The topological polar surface area (TPSA) is 57.7 Å². The van der Waals surface area contributed by atoms with Crippen molar-refractivity contribution >= 4 is 51.4 Å². The summed E-state index contributed by atoms with van der Waals surface area (Å²) in [6.45, 7) is 4.42. The van der Waals surface area contributed by atoms with Crippen molar-refractivity contribution in [1.29, 1.82) is 0 Å². The lowest BCUT2D eigenvalue weighted by Crippen LogP contribution is -2.58. The highest BCUT2D eigenvalue weighted by molar-refractivity contribution is 7.89. The first-order valence-electron chi connectivity index (χ1n) is 11.0. The van der Waals surface area contributed by atoms with E-state index in [1.165, 1.54) is 6.42 Å². The van der Waals surface area contributed by atoms with Crippen molar-refractivity contribution in [3.63, 3.8) is 0 Å². The Kier molecular flexibility index (Phi) is 10.1. The number of Topliss-reactive ketones (excluding diaryl/α,β-unsaturated/α-hetero) is 1. The number of hydrogen-bond acceptors (Lipinski definition) is 4. The largest absolute Gasteiger partial charge is 0.295 e. The second-order valence-corrected chi connectivity index (χ2v) is 11.4. The van der Waals surface area contributed by atoms with Crippen LogP contribution in [0.25, 0.3) is 0 Å². The number of carbonyl (C=O) groups is 1. The molecule has 1 aromatic rings. The fourth-order valence-corrected chi connectivity index (χ4v) is 7.10. The zero-order valence-corrected chi connectivity index (χ0v) is 21.3. The number of hydrogen-bond donors (Lipinski definition) is 0. The molecule has 1 heterocycles.